The number of benzene rings is 2. The fourth-order valence-corrected chi connectivity index (χ4v) is 3.64. The summed E-state index contributed by atoms with van der Waals surface area (Å²) in [6, 6.07) is 17.8. The van der Waals surface area contributed by atoms with Crippen molar-refractivity contribution in [2.45, 2.75) is 12.8 Å². The van der Waals surface area contributed by atoms with E-state index in [2.05, 4.69) is 4.98 Å². The third-order valence-corrected chi connectivity index (χ3v) is 5.20. The van der Waals surface area contributed by atoms with Gasteiger partial charge in [0.1, 0.15) is 0 Å². The summed E-state index contributed by atoms with van der Waals surface area (Å²) in [6.07, 6.45) is 2.73. The number of hydrogen-bond donors (Lipinski definition) is 1. The predicted molar refractivity (Wildman–Crippen MR) is 105 cm³/mol. The van der Waals surface area contributed by atoms with Crippen LogP contribution in [0, 0.1) is 0 Å². The van der Waals surface area contributed by atoms with Crippen molar-refractivity contribution in [3.63, 3.8) is 0 Å². The molecule has 2 amide bonds. The summed E-state index contributed by atoms with van der Waals surface area (Å²) in [5.41, 5.74) is 3.11. The molecule has 0 saturated carbocycles. The molecule has 1 aliphatic rings. The van der Waals surface area contributed by atoms with Crippen LogP contribution in [0.2, 0.25) is 0 Å². The first-order chi connectivity index (χ1) is 13.2. The molecule has 2 aromatic carbocycles. The third-order valence-electron chi connectivity index (χ3n) is 5.20. The van der Waals surface area contributed by atoms with E-state index in [4.69, 9.17) is 0 Å². The zero-order valence-electron chi connectivity index (χ0n) is 15.2. The smallest absolute Gasteiger partial charge is 0.227 e. The molecular formula is C22H23N3O2. The average molecular weight is 361 g/mol. The highest BCUT2D eigenvalue weighted by Gasteiger charge is 2.24. The number of fused-ring (bicyclic) bond motifs is 1. The van der Waals surface area contributed by atoms with Crippen LogP contribution in [0.4, 0.5) is 0 Å². The van der Waals surface area contributed by atoms with Crippen LogP contribution in [0.3, 0.4) is 0 Å². The van der Waals surface area contributed by atoms with Crippen LogP contribution < -0.4 is 0 Å². The van der Waals surface area contributed by atoms with Gasteiger partial charge >= 0.3 is 0 Å². The lowest BCUT2D eigenvalue weighted by molar-refractivity contribution is -0.138. The van der Waals surface area contributed by atoms with E-state index in [-0.39, 0.29) is 11.8 Å². The maximum absolute atomic E-state index is 12.7. The van der Waals surface area contributed by atoms with Crippen molar-refractivity contribution < 1.29 is 9.59 Å². The van der Waals surface area contributed by atoms with E-state index in [1.165, 1.54) is 0 Å². The molecule has 5 nitrogen and oxygen atoms in total. The Morgan fingerprint density at radius 1 is 0.778 bits per heavy atom. The van der Waals surface area contributed by atoms with Gasteiger partial charge in [0.05, 0.1) is 12.8 Å². The Hall–Kier alpha value is -3.08. The number of hydrogen-bond acceptors (Lipinski definition) is 2. The van der Waals surface area contributed by atoms with Gasteiger partial charge in [-0.25, -0.2) is 0 Å². The standard InChI is InChI=1S/C22H23N3O2/c26-21(14-17-6-2-1-3-7-17)24-10-12-25(13-11-24)22(27)15-18-16-23-20-9-5-4-8-19(18)20/h1-9,16,23H,10-15H2. The number of para-hydroxylation sites is 1. The van der Waals surface area contributed by atoms with Gasteiger partial charge in [-0.15, -0.1) is 0 Å². The summed E-state index contributed by atoms with van der Waals surface area (Å²) in [6.45, 7) is 2.40. The fraction of sp³-hybridized carbons (Fsp3) is 0.273. The molecule has 0 bridgehead atoms. The summed E-state index contributed by atoms with van der Waals surface area (Å²) >= 11 is 0. The van der Waals surface area contributed by atoms with E-state index in [9.17, 15) is 9.59 Å². The average Bonchev–Trinajstić information content (AvgIpc) is 3.12. The fourth-order valence-electron chi connectivity index (χ4n) is 3.64. The second-order valence-corrected chi connectivity index (χ2v) is 6.96. The van der Waals surface area contributed by atoms with Crippen LogP contribution in [0.25, 0.3) is 10.9 Å². The molecule has 0 atom stereocenters. The number of carbonyl (C=O) groups is 2. The molecule has 0 aliphatic carbocycles. The van der Waals surface area contributed by atoms with E-state index in [1.54, 1.807) is 0 Å². The lowest BCUT2D eigenvalue weighted by Gasteiger charge is -2.35. The molecule has 1 aliphatic heterocycles. The van der Waals surface area contributed by atoms with Crippen molar-refractivity contribution in [3.05, 3.63) is 71.9 Å². The second kappa shape index (κ2) is 7.66. The largest absolute Gasteiger partial charge is 0.361 e. The molecule has 2 heterocycles. The summed E-state index contributed by atoms with van der Waals surface area (Å²) in [5.74, 6) is 0.250. The summed E-state index contributed by atoms with van der Waals surface area (Å²) in [5, 5.41) is 1.10. The minimum Gasteiger partial charge on any atom is -0.361 e. The molecule has 1 aromatic heterocycles. The number of rotatable bonds is 4. The Morgan fingerprint density at radius 2 is 1.37 bits per heavy atom. The van der Waals surface area contributed by atoms with Gasteiger partial charge in [-0.1, -0.05) is 48.5 Å². The van der Waals surface area contributed by atoms with Crippen LogP contribution in [0.1, 0.15) is 11.1 Å². The SMILES string of the molecule is O=C(Cc1ccccc1)N1CCN(C(=O)Cc2c[nH]c3ccccc23)CC1. The molecule has 0 spiro atoms. The molecule has 3 aromatic rings. The van der Waals surface area contributed by atoms with Crippen LogP contribution in [-0.4, -0.2) is 52.8 Å². The summed E-state index contributed by atoms with van der Waals surface area (Å²) in [7, 11) is 0. The number of aromatic nitrogens is 1. The lowest BCUT2D eigenvalue weighted by Crippen LogP contribution is -2.51. The van der Waals surface area contributed by atoms with Gasteiger partial charge in [0.25, 0.3) is 0 Å². The van der Waals surface area contributed by atoms with Crippen molar-refractivity contribution >= 4 is 22.7 Å². The highest BCUT2D eigenvalue weighted by molar-refractivity contribution is 5.89. The minimum atomic E-state index is 0.120. The van der Waals surface area contributed by atoms with Crippen molar-refractivity contribution in [1.29, 1.82) is 0 Å². The van der Waals surface area contributed by atoms with Crippen molar-refractivity contribution in [1.82, 2.24) is 14.8 Å². The Balaban J connectivity index is 1.32. The Labute approximate surface area is 158 Å². The van der Waals surface area contributed by atoms with Gasteiger partial charge in [-0.3, -0.25) is 9.59 Å². The van der Waals surface area contributed by atoms with Gasteiger partial charge in [-0.05, 0) is 17.2 Å². The number of aromatic amines is 1. The van der Waals surface area contributed by atoms with Gasteiger partial charge in [0.15, 0.2) is 0 Å². The molecular weight excluding hydrogens is 338 g/mol. The zero-order chi connectivity index (χ0) is 18.6. The lowest BCUT2D eigenvalue weighted by atomic mass is 10.1. The number of H-pyrrole nitrogens is 1. The van der Waals surface area contributed by atoms with Gasteiger partial charge in [0.2, 0.25) is 11.8 Å². The molecule has 5 heteroatoms. The maximum atomic E-state index is 12.7. The number of nitrogens with zero attached hydrogens (tertiary/aromatic N) is 2. The van der Waals surface area contributed by atoms with Crippen molar-refractivity contribution in [3.8, 4) is 0 Å². The first kappa shape index (κ1) is 17.3. The summed E-state index contributed by atoms with van der Waals surface area (Å²) in [4.78, 5) is 32.1. The number of carbonyl (C=O) groups excluding carboxylic acids is 2. The van der Waals surface area contributed by atoms with Crippen molar-refractivity contribution in [2.24, 2.45) is 0 Å². The molecule has 0 radical (unpaired) electrons. The first-order valence-electron chi connectivity index (χ1n) is 9.35. The maximum Gasteiger partial charge on any atom is 0.227 e. The Morgan fingerprint density at radius 3 is 2.07 bits per heavy atom. The highest BCUT2D eigenvalue weighted by atomic mass is 16.2. The number of piperazine rings is 1. The van der Waals surface area contributed by atoms with E-state index in [0.717, 1.165) is 22.0 Å². The summed E-state index contributed by atoms with van der Waals surface area (Å²) < 4.78 is 0. The normalized spacial score (nSPS) is 14.5. The van der Waals surface area contributed by atoms with Crippen LogP contribution in [-0.2, 0) is 22.4 Å². The molecule has 1 fully saturated rings. The van der Waals surface area contributed by atoms with Crippen LogP contribution in [0.5, 0.6) is 0 Å². The minimum absolute atomic E-state index is 0.120. The molecule has 1 N–H and O–H groups in total. The molecule has 1 saturated heterocycles. The van der Waals surface area contributed by atoms with Gasteiger partial charge in [-0.2, -0.15) is 0 Å². The van der Waals surface area contributed by atoms with Gasteiger partial charge in [0, 0.05) is 43.3 Å². The monoisotopic (exact) mass is 361 g/mol. The van der Waals surface area contributed by atoms with Crippen molar-refractivity contribution in [2.75, 3.05) is 26.2 Å². The molecule has 4 rings (SSSR count). The topological polar surface area (TPSA) is 56.4 Å². The van der Waals surface area contributed by atoms with E-state index in [0.29, 0.717) is 39.0 Å². The highest BCUT2D eigenvalue weighted by Crippen LogP contribution is 2.19. The number of amides is 2. The zero-order valence-corrected chi connectivity index (χ0v) is 15.2. The third kappa shape index (κ3) is 3.87. The Kier molecular flexibility index (Phi) is 4.92. The quantitative estimate of drug-likeness (QED) is 0.777. The molecule has 138 valence electrons. The van der Waals surface area contributed by atoms with E-state index in [1.807, 2.05) is 70.6 Å². The molecule has 0 unspecified atom stereocenters. The predicted octanol–water partition coefficient (Wildman–Crippen LogP) is 2.62. The number of nitrogens with one attached hydrogen (secondary N) is 1. The first-order valence-corrected chi connectivity index (χ1v) is 9.35. The molecule has 27 heavy (non-hydrogen) atoms. The van der Waals surface area contributed by atoms with Gasteiger partial charge < -0.3 is 14.8 Å². The van der Waals surface area contributed by atoms with Crippen LogP contribution >= 0.6 is 0 Å². The van der Waals surface area contributed by atoms with E-state index < -0.39 is 0 Å². The van der Waals surface area contributed by atoms with Crippen LogP contribution in [0.15, 0.2) is 60.8 Å². The second-order valence-electron chi connectivity index (χ2n) is 6.96. The Bertz CT molecular complexity index is 940. The van der Waals surface area contributed by atoms with E-state index >= 15 is 0 Å².